The molecule has 1 aliphatic carbocycles. The zero-order valence-corrected chi connectivity index (χ0v) is 10.3. The molecule has 2 rings (SSSR count). The highest BCUT2D eigenvalue weighted by Gasteiger charge is 2.22. The summed E-state index contributed by atoms with van der Waals surface area (Å²) in [6, 6.07) is 3.60. The Morgan fingerprint density at radius 2 is 1.88 bits per heavy atom. The van der Waals surface area contributed by atoms with Crippen LogP contribution in [0.25, 0.3) is 0 Å². The van der Waals surface area contributed by atoms with Crippen molar-refractivity contribution in [3.63, 3.8) is 0 Å². The first-order valence-electron chi connectivity index (χ1n) is 5.93. The van der Waals surface area contributed by atoms with Gasteiger partial charge >= 0.3 is 0 Å². The molecule has 1 aliphatic rings. The van der Waals surface area contributed by atoms with Crippen molar-refractivity contribution in [1.82, 2.24) is 5.32 Å². The molecule has 0 radical (unpaired) electrons. The molecule has 2 unspecified atom stereocenters. The fourth-order valence-corrected chi connectivity index (χ4v) is 2.71. The Balaban J connectivity index is 1.78. The van der Waals surface area contributed by atoms with E-state index in [4.69, 9.17) is 11.6 Å². The highest BCUT2D eigenvalue weighted by atomic mass is 35.5. The summed E-state index contributed by atoms with van der Waals surface area (Å²) in [7, 11) is 0. The normalized spacial score (nSPS) is 24.2. The Labute approximate surface area is 105 Å². The highest BCUT2D eigenvalue weighted by Crippen LogP contribution is 2.28. The molecule has 0 aliphatic heterocycles. The summed E-state index contributed by atoms with van der Waals surface area (Å²) >= 11 is 6.02. The third-order valence-corrected chi connectivity index (χ3v) is 3.56. The first-order chi connectivity index (χ1) is 8.13. The number of hydrogen-bond donors (Lipinski definition) is 1. The molecule has 0 aromatic heterocycles. The maximum Gasteiger partial charge on any atom is 0.126 e. The number of hydrogen-bond acceptors (Lipinski definition) is 1. The van der Waals surface area contributed by atoms with E-state index in [-0.39, 0.29) is 0 Å². The average Bonchev–Trinajstić information content (AvgIpc) is 2.63. The summed E-state index contributed by atoms with van der Waals surface area (Å²) < 4.78 is 25.8. The summed E-state index contributed by atoms with van der Waals surface area (Å²) in [6.07, 6.45) is 3.24. The number of benzene rings is 1. The van der Waals surface area contributed by atoms with Crippen molar-refractivity contribution in [3.05, 3.63) is 35.4 Å². The molecule has 0 saturated heterocycles. The lowest BCUT2D eigenvalue weighted by Gasteiger charge is -2.10. The van der Waals surface area contributed by atoms with E-state index in [2.05, 4.69) is 5.32 Å². The van der Waals surface area contributed by atoms with Gasteiger partial charge in [-0.15, -0.1) is 11.6 Å². The van der Waals surface area contributed by atoms with Crippen molar-refractivity contribution in [1.29, 1.82) is 0 Å². The topological polar surface area (TPSA) is 12.0 Å². The molecule has 0 spiro atoms. The Bertz CT molecular complexity index is 363. The van der Waals surface area contributed by atoms with E-state index < -0.39 is 11.6 Å². The van der Waals surface area contributed by atoms with Crippen LogP contribution in [0, 0.1) is 17.6 Å². The standard InChI is InChI=1S/C13H16ClF2N/c14-11-2-1-9(3-11)7-17-8-10-4-12(15)6-13(16)5-10/h4-6,9,11,17H,1-3,7-8H2. The minimum Gasteiger partial charge on any atom is -0.312 e. The lowest BCUT2D eigenvalue weighted by molar-refractivity contribution is 0.488. The molecule has 1 aromatic carbocycles. The Morgan fingerprint density at radius 3 is 2.47 bits per heavy atom. The van der Waals surface area contributed by atoms with Gasteiger partial charge in [0.15, 0.2) is 0 Å². The Morgan fingerprint density at radius 1 is 1.18 bits per heavy atom. The fourth-order valence-electron chi connectivity index (χ4n) is 2.33. The molecule has 1 fully saturated rings. The second-order valence-electron chi connectivity index (χ2n) is 4.68. The fraction of sp³-hybridized carbons (Fsp3) is 0.538. The van der Waals surface area contributed by atoms with Gasteiger partial charge in [0.05, 0.1) is 0 Å². The molecular weight excluding hydrogens is 244 g/mol. The average molecular weight is 260 g/mol. The van der Waals surface area contributed by atoms with Crippen LogP contribution in [0.5, 0.6) is 0 Å². The number of alkyl halides is 1. The predicted octanol–water partition coefficient (Wildman–Crippen LogP) is 3.46. The van der Waals surface area contributed by atoms with Crippen LogP contribution in [0.15, 0.2) is 18.2 Å². The van der Waals surface area contributed by atoms with E-state index in [1.54, 1.807) is 0 Å². The predicted molar refractivity (Wildman–Crippen MR) is 65.0 cm³/mol. The Hall–Kier alpha value is -0.670. The second kappa shape index (κ2) is 5.78. The maximum absolute atomic E-state index is 12.9. The van der Waals surface area contributed by atoms with Crippen LogP contribution in [0.1, 0.15) is 24.8 Å². The molecule has 0 amide bonds. The SMILES string of the molecule is Fc1cc(F)cc(CNCC2CCC(Cl)C2)c1. The summed E-state index contributed by atoms with van der Waals surface area (Å²) in [5.41, 5.74) is 0.642. The van der Waals surface area contributed by atoms with Crippen LogP contribution < -0.4 is 5.32 Å². The van der Waals surface area contributed by atoms with Gasteiger partial charge in [0.1, 0.15) is 11.6 Å². The molecule has 0 bridgehead atoms. The summed E-state index contributed by atoms with van der Waals surface area (Å²) in [6.45, 7) is 1.36. The van der Waals surface area contributed by atoms with E-state index in [9.17, 15) is 8.78 Å². The largest absolute Gasteiger partial charge is 0.312 e. The third kappa shape index (κ3) is 3.93. The smallest absolute Gasteiger partial charge is 0.126 e. The zero-order chi connectivity index (χ0) is 12.3. The van der Waals surface area contributed by atoms with Crippen LogP contribution in [0.3, 0.4) is 0 Å². The van der Waals surface area contributed by atoms with E-state index in [1.807, 2.05) is 0 Å². The van der Waals surface area contributed by atoms with Crippen molar-refractivity contribution in [2.45, 2.75) is 31.2 Å². The number of rotatable bonds is 4. The van der Waals surface area contributed by atoms with Crippen molar-refractivity contribution in [2.75, 3.05) is 6.54 Å². The quantitative estimate of drug-likeness (QED) is 0.817. The molecule has 94 valence electrons. The molecule has 1 aromatic rings. The number of nitrogens with one attached hydrogen (secondary N) is 1. The van der Waals surface area contributed by atoms with Gasteiger partial charge < -0.3 is 5.32 Å². The van der Waals surface area contributed by atoms with Gasteiger partial charge in [-0.3, -0.25) is 0 Å². The van der Waals surface area contributed by atoms with Crippen molar-refractivity contribution < 1.29 is 8.78 Å². The van der Waals surface area contributed by atoms with Crippen LogP contribution >= 0.6 is 11.6 Å². The van der Waals surface area contributed by atoms with E-state index in [0.717, 1.165) is 31.9 Å². The van der Waals surface area contributed by atoms with E-state index in [0.29, 0.717) is 23.4 Å². The monoisotopic (exact) mass is 259 g/mol. The van der Waals surface area contributed by atoms with Crippen LogP contribution in [-0.4, -0.2) is 11.9 Å². The lowest BCUT2D eigenvalue weighted by atomic mass is 10.1. The van der Waals surface area contributed by atoms with Gasteiger partial charge in [0.2, 0.25) is 0 Å². The van der Waals surface area contributed by atoms with Gasteiger partial charge in [0, 0.05) is 18.0 Å². The minimum absolute atomic E-state index is 0.299. The molecule has 17 heavy (non-hydrogen) atoms. The van der Waals surface area contributed by atoms with Gasteiger partial charge in [-0.05, 0) is 49.4 Å². The van der Waals surface area contributed by atoms with Gasteiger partial charge in [-0.1, -0.05) is 0 Å². The third-order valence-electron chi connectivity index (χ3n) is 3.16. The number of halogens is 3. The molecule has 0 heterocycles. The van der Waals surface area contributed by atoms with E-state index >= 15 is 0 Å². The van der Waals surface area contributed by atoms with Crippen LogP contribution in [-0.2, 0) is 6.54 Å². The molecule has 4 heteroatoms. The van der Waals surface area contributed by atoms with Crippen molar-refractivity contribution in [2.24, 2.45) is 5.92 Å². The lowest BCUT2D eigenvalue weighted by Crippen LogP contribution is -2.21. The van der Waals surface area contributed by atoms with Crippen LogP contribution in [0.4, 0.5) is 8.78 Å². The summed E-state index contributed by atoms with van der Waals surface area (Å²) in [5.74, 6) is -0.456. The van der Waals surface area contributed by atoms with Crippen molar-refractivity contribution in [3.8, 4) is 0 Å². The summed E-state index contributed by atoms with van der Waals surface area (Å²) in [5, 5.41) is 3.53. The summed E-state index contributed by atoms with van der Waals surface area (Å²) in [4.78, 5) is 0. The molecular formula is C13H16ClF2N. The first kappa shape index (κ1) is 12.8. The van der Waals surface area contributed by atoms with E-state index in [1.165, 1.54) is 12.1 Å². The van der Waals surface area contributed by atoms with Gasteiger partial charge in [-0.25, -0.2) is 8.78 Å². The first-order valence-corrected chi connectivity index (χ1v) is 6.37. The zero-order valence-electron chi connectivity index (χ0n) is 9.56. The minimum atomic E-state index is -0.525. The van der Waals surface area contributed by atoms with Gasteiger partial charge in [-0.2, -0.15) is 0 Å². The van der Waals surface area contributed by atoms with Crippen molar-refractivity contribution >= 4 is 11.6 Å². The second-order valence-corrected chi connectivity index (χ2v) is 5.30. The molecule has 2 atom stereocenters. The maximum atomic E-state index is 12.9. The molecule has 1 saturated carbocycles. The highest BCUT2D eigenvalue weighted by molar-refractivity contribution is 6.20. The Kier molecular flexibility index (Phi) is 4.35. The van der Waals surface area contributed by atoms with Gasteiger partial charge in [0.25, 0.3) is 0 Å². The molecule has 1 N–H and O–H groups in total. The molecule has 1 nitrogen and oxygen atoms in total. The van der Waals surface area contributed by atoms with Crippen LogP contribution in [0.2, 0.25) is 0 Å².